The molecular formula is C14H11F3N2O2. The van der Waals surface area contributed by atoms with Crippen LogP contribution in [0.25, 0.3) is 0 Å². The number of carbonyl (C=O) groups excluding carboxylic acids is 1. The maximum atomic E-state index is 12.4. The molecular weight excluding hydrogens is 285 g/mol. The summed E-state index contributed by atoms with van der Waals surface area (Å²) in [6.45, 7) is 3.35. The minimum absolute atomic E-state index is 0.0661. The van der Waals surface area contributed by atoms with Gasteiger partial charge in [0.2, 0.25) is 0 Å². The van der Waals surface area contributed by atoms with E-state index in [9.17, 15) is 23.1 Å². The van der Waals surface area contributed by atoms with Crippen LogP contribution in [0, 0.1) is 11.3 Å². The first kappa shape index (κ1) is 16.3. The number of aliphatic hydroxyl groups excluding tert-OH is 1. The van der Waals surface area contributed by atoms with Gasteiger partial charge in [-0.25, -0.2) is 0 Å². The van der Waals surface area contributed by atoms with E-state index in [1.54, 1.807) is 0 Å². The molecule has 0 bridgehead atoms. The Labute approximate surface area is 118 Å². The fraction of sp³-hybridized carbons (Fsp3) is 0.143. The number of allylic oxidation sites excluding steroid dienone is 1. The van der Waals surface area contributed by atoms with Crippen molar-refractivity contribution in [3.8, 4) is 6.07 Å². The minimum Gasteiger partial charge on any atom is -0.510 e. The summed E-state index contributed by atoms with van der Waals surface area (Å²) in [4.78, 5) is 11.7. The van der Waals surface area contributed by atoms with E-state index in [4.69, 9.17) is 5.26 Å². The van der Waals surface area contributed by atoms with E-state index in [1.165, 1.54) is 12.1 Å². The molecule has 0 unspecified atom stereocenters. The van der Waals surface area contributed by atoms with E-state index >= 15 is 0 Å². The first-order valence-corrected chi connectivity index (χ1v) is 5.71. The SMILES string of the molecule is C=CC/C(O)=C(\C#N)C(=O)Nc1ccc(C(F)(F)F)cc1. The molecule has 4 nitrogen and oxygen atoms in total. The Balaban J connectivity index is 2.91. The molecule has 1 aromatic carbocycles. The van der Waals surface area contributed by atoms with Crippen LogP contribution in [0.4, 0.5) is 18.9 Å². The molecule has 1 amide bonds. The summed E-state index contributed by atoms with van der Waals surface area (Å²) in [6.07, 6.45) is -3.23. The summed E-state index contributed by atoms with van der Waals surface area (Å²) in [5.74, 6) is -1.37. The summed E-state index contributed by atoms with van der Waals surface area (Å²) in [5.41, 5.74) is -1.30. The molecule has 0 atom stereocenters. The average molecular weight is 296 g/mol. The van der Waals surface area contributed by atoms with Gasteiger partial charge in [-0.05, 0) is 24.3 Å². The van der Waals surface area contributed by atoms with Gasteiger partial charge in [0, 0.05) is 12.1 Å². The molecule has 0 heterocycles. The highest BCUT2D eigenvalue weighted by atomic mass is 19.4. The van der Waals surface area contributed by atoms with Crippen molar-refractivity contribution in [2.45, 2.75) is 12.6 Å². The number of alkyl halides is 3. The molecule has 110 valence electrons. The monoisotopic (exact) mass is 296 g/mol. The molecule has 0 aliphatic carbocycles. The van der Waals surface area contributed by atoms with E-state index < -0.39 is 29.0 Å². The fourth-order valence-corrected chi connectivity index (χ4v) is 1.42. The number of carbonyl (C=O) groups is 1. The van der Waals surface area contributed by atoms with Gasteiger partial charge < -0.3 is 10.4 Å². The zero-order chi connectivity index (χ0) is 16.0. The maximum Gasteiger partial charge on any atom is 0.416 e. The van der Waals surface area contributed by atoms with E-state index in [-0.39, 0.29) is 12.1 Å². The number of hydrogen-bond acceptors (Lipinski definition) is 3. The molecule has 0 aliphatic heterocycles. The number of anilines is 1. The van der Waals surface area contributed by atoms with Crippen molar-refractivity contribution in [1.29, 1.82) is 5.26 Å². The van der Waals surface area contributed by atoms with Crippen molar-refractivity contribution < 1.29 is 23.1 Å². The minimum atomic E-state index is -4.47. The first-order chi connectivity index (χ1) is 9.79. The average Bonchev–Trinajstić information content (AvgIpc) is 2.39. The number of aliphatic hydroxyl groups is 1. The van der Waals surface area contributed by atoms with Crippen LogP contribution in [0.5, 0.6) is 0 Å². The summed E-state index contributed by atoms with van der Waals surface area (Å²) < 4.78 is 37.1. The number of amides is 1. The Morgan fingerprint density at radius 1 is 1.38 bits per heavy atom. The van der Waals surface area contributed by atoms with Crippen LogP contribution in [-0.4, -0.2) is 11.0 Å². The van der Waals surface area contributed by atoms with Gasteiger partial charge >= 0.3 is 6.18 Å². The number of nitrogens with zero attached hydrogens (tertiary/aromatic N) is 1. The molecule has 0 radical (unpaired) electrons. The third kappa shape index (κ3) is 4.38. The zero-order valence-electron chi connectivity index (χ0n) is 10.7. The lowest BCUT2D eigenvalue weighted by molar-refractivity contribution is -0.137. The highest BCUT2D eigenvalue weighted by Crippen LogP contribution is 2.29. The van der Waals surface area contributed by atoms with Crippen molar-refractivity contribution in [2.75, 3.05) is 5.32 Å². The van der Waals surface area contributed by atoms with Crippen molar-refractivity contribution >= 4 is 11.6 Å². The van der Waals surface area contributed by atoms with Gasteiger partial charge in [0.15, 0.2) is 5.57 Å². The normalized spacial score (nSPS) is 12.1. The van der Waals surface area contributed by atoms with Crippen LogP contribution in [0.3, 0.4) is 0 Å². The predicted molar refractivity (Wildman–Crippen MR) is 70.2 cm³/mol. The molecule has 1 aromatic rings. The van der Waals surface area contributed by atoms with Crippen LogP contribution >= 0.6 is 0 Å². The second kappa shape index (κ2) is 6.61. The van der Waals surface area contributed by atoms with E-state index in [0.717, 1.165) is 24.3 Å². The highest BCUT2D eigenvalue weighted by Gasteiger charge is 2.30. The van der Waals surface area contributed by atoms with Crippen molar-refractivity contribution in [2.24, 2.45) is 0 Å². The Morgan fingerprint density at radius 3 is 2.38 bits per heavy atom. The lowest BCUT2D eigenvalue weighted by atomic mass is 10.1. The van der Waals surface area contributed by atoms with E-state index in [0.29, 0.717) is 0 Å². The molecule has 0 aromatic heterocycles. The third-order valence-electron chi connectivity index (χ3n) is 2.44. The summed E-state index contributed by atoms with van der Waals surface area (Å²) in [7, 11) is 0. The molecule has 7 heteroatoms. The fourth-order valence-electron chi connectivity index (χ4n) is 1.42. The van der Waals surface area contributed by atoms with Crippen LogP contribution in [0.1, 0.15) is 12.0 Å². The van der Waals surface area contributed by atoms with Gasteiger partial charge in [0.25, 0.3) is 5.91 Å². The molecule has 0 aliphatic rings. The Morgan fingerprint density at radius 2 is 1.95 bits per heavy atom. The predicted octanol–water partition coefficient (Wildman–Crippen LogP) is 3.56. The van der Waals surface area contributed by atoms with Crippen LogP contribution < -0.4 is 5.32 Å². The summed E-state index contributed by atoms with van der Waals surface area (Å²) in [5, 5.41) is 20.5. The van der Waals surface area contributed by atoms with E-state index in [1.807, 2.05) is 0 Å². The second-order valence-electron chi connectivity index (χ2n) is 3.96. The molecule has 0 saturated heterocycles. The van der Waals surface area contributed by atoms with Crippen molar-refractivity contribution in [3.05, 3.63) is 53.8 Å². The van der Waals surface area contributed by atoms with E-state index in [2.05, 4.69) is 11.9 Å². The number of rotatable bonds is 4. The largest absolute Gasteiger partial charge is 0.510 e. The lowest BCUT2D eigenvalue weighted by Crippen LogP contribution is -2.15. The molecule has 1 rings (SSSR count). The van der Waals surface area contributed by atoms with Crippen LogP contribution in [0.15, 0.2) is 48.3 Å². The van der Waals surface area contributed by atoms with Gasteiger partial charge in [-0.2, -0.15) is 18.4 Å². The number of hydrogen-bond donors (Lipinski definition) is 2. The number of nitriles is 1. The molecule has 0 spiro atoms. The van der Waals surface area contributed by atoms with Gasteiger partial charge in [-0.3, -0.25) is 4.79 Å². The van der Waals surface area contributed by atoms with Gasteiger partial charge in [-0.15, -0.1) is 6.58 Å². The molecule has 21 heavy (non-hydrogen) atoms. The Bertz CT molecular complexity index is 611. The number of benzene rings is 1. The summed E-state index contributed by atoms with van der Waals surface area (Å²) >= 11 is 0. The number of nitrogens with one attached hydrogen (secondary N) is 1. The topological polar surface area (TPSA) is 73.1 Å². The maximum absolute atomic E-state index is 12.4. The van der Waals surface area contributed by atoms with Crippen LogP contribution in [-0.2, 0) is 11.0 Å². The first-order valence-electron chi connectivity index (χ1n) is 5.71. The van der Waals surface area contributed by atoms with Crippen molar-refractivity contribution in [1.82, 2.24) is 0 Å². The van der Waals surface area contributed by atoms with Crippen molar-refractivity contribution in [3.63, 3.8) is 0 Å². The third-order valence-corrected chi connectivity index (χ3v) is 2.44. The standard InChI is InChI=1S/C14H11F3N2O2/c1-2-3-12(20)11(8-18)13(21)19-10-6-4-9(5-7-10)14(15,16)17/h2,4-7,20H,1,3H2,(H,19,21)/b12-11-. The van der Waals surface area contributed by atoms with Gasteiger partial charge in [0.1, 0.15) is 11.8 Å². The second-order valence-corrected chi connectivity index (χ2v) is 3.96. The van der Waals surface area contributed by atoms with Gasteiger partial charge in [0.05, 0.1) is 5.56 Å². The number of halogens is 3. The quantitative estimate of drug-likeness (QED) is 0.386. The lowest BCUT2D eigenvalue weighted by Gasteiger charge is -2.09. The van der Waals surface area contributed by atoms with Crippen LogP contribution in [0.2, 0.25) is 0 Å². The smallest absolute Gasteiger partial charge is 0.416 e. The summed E-state index contributed by atoms with van der Waals surface area (Å²) in [6, 6.07) is 5.24. The van der Waals surface area contributed by atoms with Gasteiger partial charge in [-0.1, -0.05) is 6.08 Å². The molecule has 0 fully saturated rings. The Kier molecular flexibility index (Phi) is 5.13. The Hall–Kier alpha value is -2.75. The molecule has 2 N–H and O–H groups in total. The zero-order valence-corrected chi connectivity index (χ0v) is 10.7. The highest BCUT2D eigenvalue weighted by molar-refractivity contribution is 6.06. The molecule has 0 saturated carbocycles.